The van der Waals surface area contributed by atoms with Crippen molar-refractivity contribution in [2.45, 2.75) is 13.5 Å². The number of hydrogen-bond acceptors (Lipinski definition) is 3. The Bertz CT molecular complexity index is 492. The van der Waals surface area contributed by atoms with Crippen LogP contribution in [0.2, 0.25) is 0 Å². The van der Waals surface area contributed by atoms with Gasteiger partial charge in [0, 0.05) is 5.69 Å². The fraction of sp³-hybridized carbons (Fsp3) is 0.250. The highest BCUT2D eigenvalue weighted by molar-refractivity contribution is 5.64. The number of nitrogens with one attached hydrogen (secondary N) is 1. The van der Waals surface area contributed by atoms with Gasteiger partial charge in [-0.1, -0.05) is 12.1 Å². The molecule has 2 aromatic rings. The molecule has 1 aromatic heterocycles. The van der Waals surface area contributed by atoms with Gasteiger partial charge in [0.05, 0.1) is 25.0 Å². The summed E-state index contributed by atoms with van der Waals surface area (Å²) in [4.78, 5) is 7.46. The first kappa shape index (κ1) is 10.7. The fourth-order valence-electron chi connectivity index (χ4n) is 1.62. The zero-order chi connectivity index (χ0) is 11.5. The minimum atomic E-state index is -0.0581. The number of nitrogens with zero attached hydrogens (tertiary/aromatic N) is 1. The van der Waals surface area contributed by atoms with E-state index >= 15 is 0 Å². The van der Waals surface area contributed by atoms with Crippen LogP contribution in [0.25, 0.3) is 11.4 Å². The number of ether oxygens (including phenoxy) is 1. The Labute approximate surface area is 93.9 Å². The first-order valence-electron chi connectivity index (χ1n) is 5.06. The monoisotopic (exact) mass is 218 g/mol. The summed E-state index contributed by atoms with van der Waals surface area (Å²) in [5.74, 6) is 1.49. The van der Waals surface area contributed by atoms with Crippen molar-refractivity contribution >= 4 is 0 Å². The van der Waals surface area contributed by atoms with Gasteiger partial charge in [-0.05, 0) is 19.1 Å². The van der Waals surface area contributed by atoms with Crippen LogP contribution in [0.1, 0.15) is 11.4 Å². The van der Waals surface area contributed by atoms with Crippen LogP contribution < -0.4 is 4.74 Å². The van der Waals surface area contributed by atoms with E-state index in [2.05, 4.69) is 9.97 Å². The minimum absolute atomic E-state index is 0.0581. The predicted octanol–water partition coefficient (Wildman–Crippen LogP) is 1.89. The average Bonchev–Trinajstić information content (AvgIpc) is 2.70. The zero-order valence-electron chi connectivity index (χ0n) is 9.32. The van der Waals surface area contributed by atoms with Gasteiger partial charge in [-0.3, -0.25) is 0 Å². The first-order chi connectivity index (χ1) is 7.76. The Morgan fingerprint density at radius 1 is 1.38 bits per heavy atom. The topological polar surface area (TPSA) is 58.1 Å². The number of imidazole rings is 1. The molecule has 2 rings (SSSR count). The van der Waals surface area contributed by atoms with E-state index in [0.29, 0.717) is 5.69 Å². The standard InChI is InChI=1S/C12H14N2O2/c1-8-10(7-15)14-12(13-8)9-5-3-4-6-11(9)16-2/h3-6,15H,7H2,1-2H3,(H,13,14). The molecule has 0 radical (unpaired) electrons. The molecule has 4 nitrogen and oxygen atoms in total. The maximum atomic E-state index is 9.09. The number of hydrogen-bond donors (Lipinski definition) is 2. The average molecular weight is 218 g/mol. The molecule has 0 amide bonds. The second-order valence-electron chi connectivity index (χ2n) is 3.52. The lowest BCUT2D eigenvalue weighted by Crippen LogP contribution is -1.89. The van der Waals surface area contributed by atoms with Crippen LogP contribution in [0.5, 0.6) is 5.75 Å². The highest BCUT2D eigenvalue weighted by atomic mass is 16.5. The number of rotatable bonds is 3. The normalized spacial score (nSPS) is 10.4. The summed E-state index contributed by atoms with van der Waals surface area (Å²) >= 11 is 0. The molecule has 0 aliphatic rings. The summed E-state index contributed by atoms with van der Waals surface area (Å²) in [7, 11) is 1.63. The van der Waals surface area contributed by atoms with Crippen molar-refractivity contribution in [1.82, 2.24) is 9.97 Å². The molecule has 16 heavy (non-hydrogen) atoms. The lowest BCUT2D eigenvalue weighted by atomic mass is 10.2. The molecule has 0 spiro atoms. The van der Waals surface area contributed by atoms with E-state index < -0.39 is 0 Å². The van der Waals surface area contributed by atoms with Gasteiger partial charge in [0.2, 0.25) is 0 Å². The van der Waals surface area contributed by atoms with Crippen LogP contribution in [-0.4, -0.2) is 22.2 Å². The SMILES string of the molecule is COc1ccccc1-c1nc(CO)c(C)[nH]1. The minimum Gasteiger partial charge on any atom is -0.496 e. The van der Waals surface area contributed by atoms with Crippen LogP contribution in [-0.2, 0) is 6.61 Å². The lowest BCUT2D eigenvalue weighted by molar-refractivity contribution is 0.276. The molecule has 0 unspecified atom stereocenters. The number of benzene rings is 1. The van der Waals surface area contributed by atoms with Crippen LogP contribution in [0, 0.1) is 6.92 Å². The van der Waals surface area contributed by atoms with Crippen LogP contribution in [0.15, 0.2) is 24.3 Å². The van der Waals surface area contributed by atoms with Crippen molar-refractivity contribution in [3.8, 4) is 17.1 Å². The Morgan fingerprint density at radius 2 is 2.12 bits per heavy atom. The Balaban J connectivity index is 2.49. The van der Waals surface area contributed by atoms with Gasteiger partial charge in [0.1, 0.15) is 11.6 Å². The van der Waals surface area contributed by atoms with E-state index in [1.807, 2.05) is 31.2 Å². The smallest absolute Gasteiger partial charge is 0.141 e. The maximum absolute atomic E-state index is 9.09. The van der Waals surface area contributed by atoms with Gasteiger partial charge in [-0.15, -0.1) is 0 Å². The van der Waals surface area contributed by atoms with Crippen molar-refractivity contribution in [2.75, 3.05) is 7.11 Å². The van der Waals surface area contributed by atoms with Gasteiger partial charge < -0.3 is 14.8 Å². The van der Waals surface area contributed by atoms with Crippen molar-refractivity contribution in [1.29, 1.82) is 0 Å². The summed E-state index contributed by atoms with van der Waals surface area (Å²) in [6.07, 6.45) is 0. The molecule has 0 saturated carbocycles. The van der Waals surface area contributed by atoms with Crippen LogP contribution in [0.4, 0.5) is 0 Å². The summed E-state index contributed by atoms with van der Waals surface area (Å²) in [5.41, 5.74) is 2.44. The molecule has 0 saturated heterocycles. The number of aromatic nitrogens is 2. The third kappa shape index (κ3) is 1.79. The van der Waals surface area contributed by atoms with E-state index in [-0.39, 0.29) is 6.61 Å². The van der Waals surface area contributed by atoms with Crippen LogP contribution >= 0.6 is 0 Å². The second kappa shape index (κ2) is 4.37. The van der Waals surface area contributed by atoms with E-state index in [9.17, 15) is 0 Å². The van der Waals surface area contributed by atoms with Gasteiger partial charge >= 0.3 is 0 Å². The lowest BCUT2D eigenvalue weighted by Gasteiger charge is -2.04. The number of para-hydroxylation sites is 1. The molecule has 1 aromatic carbocycles. The number of aromatic amines is 1. The molecular weight excluding hydrogens is 204 g/mol. The Kier molecular flexibility index (Phi) is 2.92. The third-order valence-corrected chi connectivity index (χ3v) is 2.50. The number of aryl methyl sites for hydroxylation is 1. The van der Waals surface area contributed by atoms with Gasteiger partial charge in [0.15, 0.2) is 0 Å². The van der Waals surface area contributed by atoms with Crippen molar-refractivity contribution < 1.29 is 9.84 Å². The molecule has 2 N–H and O–H groups in total. The number of aliphatic hydroxyl groups is 1. The largest absolute Gasteiger partial charge is 0.496 e. The Morgan fingerprint density at radius 3 is 2.75 bits per heavy atom. The van der Waals surface area contributed by atoms with Gasteiger partial charge in [-0.25, -0.2) is 4.98 Å². The summed E-state index contributed by atoms with van der Waals surface area (Å²) < 4.78 is 5.26. The molecule has 4 heteroatoms. The molecule has 84 valence electrons. The van der Waals surface area contributed by atoms with Crippen LogP contribution in [0.3, 0.4) is 0 Å². The molecule has 0 atom stereocenters. The van der Waals surface area contributed by atoms with Gasteiger partial charge in [-0.2, -0.15) is 0 Å². The first-order valence-corrected chi connectivity index (χ1v) is 5.06. The second-order valence-corrected chi connectivity index (χ2v) is 3.52. The molecule has 1 heterocycles. The molecule has 0 aliphatic heterocycles. The molecule has 0 bridgehead atoms. The predicted molar refractivity (Wildman–Crippen MR) is 61.2 cm³/mol. The number of H-pyrrole nitrogens is 1. The molecule has 0 aliphatic carbocycles. The zero-order valence-corrected chi connectivity index (χ0v) is 9.32. The van der Waals surface area contributed by atoms with E-state index in [4.69, 9.17) is 9.84 Å². The maximum Gasteiger partial charge on any atom is 0.141 e. The van der Waals surface area contributed by atoms with E-state index in [0.717, 1.165) is 22.8 Å². The third-order valence-electron chi connectivity index (χ3n) is 2.50. The molecule has 0 fully saturated rings. The molecular formula is C12H14N2O2. The number of aliphatic hydroxyl groups excluding tert-OH is 1. The highest BCUT2D eigenvalue weighted by Crippen LogP contribution is 2.27. The summed E-state index contributed by atoms with van der Waals surface area (Å²) in [6.45, 7) is 1.83. The summed E-state index contributed by atoms with van der Waals surface area (Å²) in [6, 6.07) is 7.64. The van der Waals surface area contributed by atoms with Crippen molar-refractivity contribution in [3.05, 3.63) is 35.7 Å². The number of methoxy groups -OCH3 is 1. The van der Waals surface area contributed by atoms with Gasteiger partial charge in [0.25, 0.3) is 0 Å². The van der Waals surface area contributed by atoms with E-state index in [1.165, 1.54) is 0 Å². The quantitative estimate of drug-likeness (QED) is 0.827. The highest BCUT2D eigenvalue weighted by Gasteiger charge is 2.11. The van der Waals surface area contributed by atoms with Crippen molar-refractivity contribution in [3.63, 3.8) is 0 Å². The fourth-order valence-corrected chi connectivity index (χ4v) is 1.62. The Hall–Kier alpha value is -1.81. The van der Waals surface area contributed by atoms with E-state index in [1.54, 1.807) is 7.11 Å². The van der Waals surface area contributed by atoms with Crippen molar-refractivity contribution in [2.24, 2.45) is 0 Å². The summed E-state index contributed by atoms with van der Waals surface area (Å²) in [5, 5.41) is 9.09.